The maximum Gasteiger partial charge on any atom is 0.336 e. The minimum Gasteiger partial charge on any atom is -0.460 e. The van der Waals surface area contributed by atoms with Gasteiger partial charge in [-0.25, -0.2) is 4.68 Å². The second-order valence-electron chi connectivity index (χ2n) is 5.71. The maximum atomic E-state index is 11.4. The summed E-state index contributed by atoms with van der Waals surface area (Å²) in [5.41, 5.74) is 2.30. The van der Waals surface area contributed by atoms with E-state index in [4.69, 9.17) is 21.1 Å². The number of nitrogens with zero attached hydrogens (tertiary/aromatic N) is 3. The molecule has 2 aromatic carbocycles. The zero-order valence-corrected chi connectivity index (χ0v) is 17.4. The molecule has 0 spiro atoms. The molecule has 0 aliphatic rings. The third-order valence-electron chi connectivity index (χ3n) is 3.71. The molecule has 0 unspecified atom stereocenters. The summed E-state index contributed by atoms with van der Waals surface area (Å²) in [5.74, 6) is 0.269. The highest BCUT2D eigenvalue weighted by Crippen LogP contribution is 2.26. The highest BCUT2D eigenvalue weighted by Gasteiger charge is 2.15. The Labute approximate surface area is 175 Å². The molecule has 0 saturated heterocycles. The quantitative estimate of drug-likeness (QED) is 0.403. The molecule has 1 heterocycles. The summed E-state index contributed by atoms with van der Waals surface area (Å²) < 4.78 is 13.2. The molecule has 3 aromatic rings. The van der Waals surface area contributed by atoms with E-state index in [1.807, 2.05) is 36.4 Å². The van der Waals surface area contributed by atoms with E-state index in [0.29, 0.717) is 24.7 Å². The van der Waals surface area contributed by atoms with Crippen molar-refractivity contribution in [1.82, 2.24) is 14.8 Å². The Morgan fingerprint density at radius 3 is 2.68 bits per heavy atom. The molecule has 0 atom stereocenters. The third kappa shape index (κ3) is 5.09. The van der Waals surface area contributed by atoms with Crippen LogP contribution in [0.25, 0.3) is 17.1 Å². The summed E-state index contributed by atoms with van der Waals surface area (Å²) in [6, 6.07) is 15.2. The number of anilines is 1. The van der Waals surface area contributed by atoms with Crippen LogP contribution in [-0.4, -0.2) is 46.9 Å². The first-order valence-electron chi connectivity index (χ1n) is 8.41. The van der Waals surface area contributed by atoms with Gasteiger partial charge in [-0.1, -0.05) is 28.1 Å². The maximum absolute atomic E-state index is 11.4. The standard InChI is InChI=1S/C19H18BrClN4O3/c1-27-9-10-28-19-23-18(13-3-2-4-14(20)11-13)25(24-19)16-7-5-15(6-8-16)22-17(26)12-21/h2-8,11H,9-10,12H2,1H3,(H,22,26). The molecular formula is C19H18BrClN4O3. The number of methoxy groups -OCH3 is 1. The Kier molecular flexibility index (Phi) is 7.02. The number of halogens is 2. The summed E-state index contributed by atoms with van der Waals surface area (Å²) in [7, 11) is 1.60. The van der Waals surface area contributed by atoms with E-state index >= 15 is 0 Å². The van der Waals surface area contributed by atoms with Crippen LogP contribution in [0.1, 0.15) is 0 Å². The van der Waals surface area contributed by atoms with Crippen molar-refractivity contribution in [3.8, 4) is 23.1 Å². The zero-order valence-electron chi connectivity index (χ0n) is 15.1. The van der Waals surface area contributed by atoms with Crippen molar-refractivity contribution in [2.24, 2.45) is 0 Å². The first-order valence-corrected chi connectivity index (χ1v) is 9.74. The molecule has 3 rings (SSSR count). The van der Waals surface area contributed by atoms with Crippen LogP contribution in [0, 0.1) is 0 Å². The number of carbonyl (C=O) groups is 1. The van der Waals surface area contributed by atoms with Gasteiger partial charge in [0.2, 0.25) is 5.91 Å². The van der Waals surface area contributed by atoms with Crippen LogP contribution in [0.4, 0.5) is 5.69 Å². The van der Waals surface area contributed by atoms with Crippen molar-refractivity contribution >= 4 is 39.1 Å². The molecule has 0 radical (unpaired) electrons. The highest BCUT2D eigenvalue weighted by molar-refractivity contribution is 9.10. The molecule has 7 nitrogen and oxygen atoms in total. The van der Waals surface area contributed by atoms with E-state index in [-0.39, 0.29) is 17.8 Å². The summed E-state index contributed by atoms with van der Waals surface area (Å²) >= 11 is 9.01. The summed E-state index contributed by atoms with van der Waals surface area (Å²) in [6.45, 7) is 0.789. The predicted molar refractivity (Wildman–Crippen MR) is 111 cm³/mol. The zero-order chi connectivity index (χ0) is 19.9. The molecule has 0 aliphatic heterocycles. The molecule has 9 heteroatoms. The van der Waals surface area contributed by atoms with Gasteiger partial charge in [0.1, 0.15) is 12.5 Å². The number of hydrogen-bond acceptors (Lipinski definition) is 5. The topological polar surface area (TPSA) is 78.3 Å². The van der Waals surface area contributed by atoms with Crippen LogP contribution >= 0.6 is 27.5 Å². The molecule has 1 amide bonds. The fourth-order valence-electron chi connectivity index (χ4n) is 2.45. The smallest absolute Gasteiger partial charge is 0.336 e. The van der Waals surface area contributed by atoms with Crippen molar-refractivity contribution in [2.45, 2.75) is 0 Å². The molecule has 1 N–H and O–H groups in total. The monoisotopic (exact) mass is 464 g/mol. The first-order chi connectivity index (χ1) is 13.6. The summed E-state index contributed by atoms with van der Waals surface area (Å²) in [5, 5.41) is 7.17. The van der Waals surface area contributed by atoms with Gasteiger partial charge in [-0.15, -0.1) is 16.7 Å². The molecule has 0 fully saturated rings. The van der Waals surface area contributed by atoms with Gasteiger partial charge in [0.05, 0.1) is 12.3 Å². The predicted octanol–water partition coefficient (Wildman–Crippen LogP) is 3.90. The number of nitrogens with one attached hydrogen (secondary N) is 1. The van der Waals surface area contributed by atoms with Gasteiger partial charge in [0.15, 0.2) is 5.82 Å². The highest BCUT2D eigenvalue weighted by atomic mass is 79.9. The van der Waals surface area contributed by atoms with E-state index in [9.17, 15) is 4.79 Å². The number of alkyl halides is 1. The van der Waals surface area contributed by atoms with Gasteiger partial charge < -0.3 is 14.8 Å². The van der Waals surface area contributed by atoms with Crippen molar-refractivity contribution < 1.29 is 14.3 Å². The number of hydrogen-bond donors (Lipinski definition) is 1. The Morgan fingerprint density at radius 1 is 1.21 bits per heavy atom. The summed E-state index contributed by atoms with van der Waals surface area (Å²) in [6.07, 6.45) is 0. The fraction of sp³-hybridized carbons (Fsp3) is 0.211. The Balaban J connectivity index is 1.94. The van der Waals surface area contributed by atoms with Gasteiger partial charge >= 0.3 is 6.01 Å². The van der Waals surface area contributed by atoms with Crippen LogP contribution < -0.4 is 10.1 Å². The lowest BCUT2D eigenvalue weighted by atomic mass is 10.2. The Bertz CT molecular complexity index is 947. The molecule has 0 aliphatic carbocycles. The van der Waals surface area contributed by atoms with Crippen molar-refractivity contribution in [3.05, 3.63) is 53.0 Å². The van der Waals surface area contributed by atoms with E-state index in [2.05, 4.69) is 31.3 Å². The molecular weight excluding hydrogens is 448 g/mol. The molecule has 1 aromatic heterocycles. The molecule has 28 heavy (non-hydrogen) atoms. The lowest BCUT2D eigenvalue weighted by Gasteiger charge is -2.08. The average molecular weight is 466 g/mol. The number of aromatic nitrogens is 3. The van der Waals surface area contributed by atoms with Crippen molar-refractivity contribution in [2.75, 3.05) is 31.5 Å². The van der Waals surface area contributed by atoms with Gasteiger partial charge in [-0.2, -0.15) is 4.98 Å². The molecule has 0 bridgehead atoms. The fourth-order valence-corrected chi connectivity index (χ4v) is 2.91. The Morgan fingerprint density at radius 2 is 2.00 bits per heavy atom. The number of ether oxygens (including phenoxy) is 2. The largest absolute Gasteiger partial charge is 0.460 e. The third-order valence-corrected chi connectivity index (χ3v) is 4.44. The van der Waals surface area contributed by atoms with Gasteiger partial charge in [0.25, 0.3) is 0 Å². The normalized spacial score (nSPS) is 10.7. The second kappa shape index (κ2) is 9.68. The first kappa shape index (κ1) is 20.3. The minimum atomic E-state index is -0.265. The summed E-state index contributed by atoms with van der Waals surface area (Å²) in [4.78, 5) is 16.0. The van der Waals surface area contributed by atoms with Crippen molar-refractivity contribution in [1.29, 1.82) is 0 Å². The second-order valence-corrected chi connectivity index (χ2v) is 6.89. The molecule has 146 valence electrons. The minimum absolute atomic E-state index is 0.0972. The van der Waals surface area contributed by atoms with Crippen molar-refractivity contribution in [3.63, 3.8) is 0 Å². The van der Waals surface area contributed by atoms with Crippen LogP contribution in [0.15, 0.2) is 53.0 Å². The van der Waals surface area contributed by atoms with E-state index in [1.54, 1.807) is 23.9 Å². The van der Waals surface area contributed by atoms with Crippen LogP contribution in [-0.2, 0) is 9.53 Å². The van der Waals surface area contributed by atoms with Crippen LogP contribution in [0.5, 0.6) is 6.01 Å². The van der Waals surface area contributed by atoms with E-state index in [0.717, 1.165) is 15.7 Å². The number of carbonyl (C=O) groups excluding carboxylic acids is 1. The average Bonchev–Trinajstić information content (AvgIpc) is 3.13. The lowest BCUT2D eigenvalue weighted by Crippen LogP contribution is -2.12. The molecule has 0 saturated carbocycles. The van der Waals surface area contributed by atoms with Gasteiger partial charge in [-0.3, -0.25) is 4.79 Å². The van der Waals surface area contributed by atoms with Gasteiger partial charge in [0, 0.05) is 22.8 Å². The van der Waals surface area contributed by atoms with Crippen LogP contribution in [0.2, 0.25) is 0 Å². The Hall–Kier alpha value is -2.42. The SMILES string of the molecule is COCCOc1nc(-c2cccc(Br)c2)n(-c2ccc(NC(=O)CCl)cc2)n1. The number of amides is 1. The van der Waals surface area contributed by atoms with Crippen LogP contribution in [0.3, 0.4) is 0 Å². The van der Waals surface area contributed by atoms with E-state index < -0.39 is 0 Å². The number of rotatable bonds is 8. The van der Waals surface area contributed by atoms with Gasteiger partial charge in [-0.05, 0) is 36.4 Å². The van der Waals surface area contributed by atoms with E-state index in [1.165, 1.54) is 0 Å². The number of benzene rings is 2. The lowest BCUT2D eigenvalue weighted by molar-refractivity contribution is -0.113.